The van der Waals surface area contributed by atoms with Crippen LogP contribution in [0.25, 0.3) is 0 Å². The lowest BCUT2D eigenvalue weighted by Crippen LogP contribution is -2.32. The summed E-state index contributed by atoms with van der Waals surface area (Å²) in [6, 6.07) is 0. The quantitative estimate of drug-likeness (QED) is 0.638. The van der Waals surface area contributed by atoms with Crippen LogP contribution in [0.15, 0.2) is 0 Å². The minimum atomic E-state index is 0.444. The highest BCUT2D eigenvalue weighted by molar-refractivity contribution is 7.98. The Morgan fingerprint density at radius 2 is 1.93 bits per heavy atom. The van der Waals surface area contributed by atoms with E-state index in [0.717, 1.165) is 12.5 Å². The third kappa shape index (κ3) is 8.15. The van der Waals surface area contributed by atoms with Crippen LogP contribution in [-0.4, -0.2) is 25.1 Å². The number of thioether (sulfide) groups is 1. The Balaban J connectivity index is 3.85. The molecule has 0 aliphatic heterocycles. The van der Waals surface area contributed by atoms with Crippen LogP contribution in [0.2, 0.25) is 0 Å². The summed E-state index contributed by atoms with van der Waals surface area (Å²) in [7, 11) is 0. The molecule has 0 fully saturated rings. The molecule has 15 heavy (non-hydrogen) atoms. The van der Waals surface area contributed by atoms with E-state index in [1.54, 1.807) is 0 Å². The Kier molecular flexibility index (Phi) is 8.64. The monoisotopic (exact) mass is 231 g/mol. The van der Waals surface area contributed by atoms with Gasteiger partial charge in [0, 0.05) is 0 Å². The Morgan fingerprint density at radius 1 is 1.27 bits per heavy atom. The molecular weight excluding hydrogens is 202 g/mol. The van der Waals surface area contributed by atoms with Crippen molar-refractivity contribution in [2.75, 3.05) is 25.1 Å². The maximum atomic E-state index is 3.56. The molecule has 0 bridgehead atoms. The van der Waals surface area contributed by atoms with Gasteiger partial charge in [0.1, 0.15) is 0 Å². The van der Waals surface area contributed by atoms with E-state index in [-0.39, 0.29) is 0 Å². The SMILES string of the molecule is CCCNCC(CCCSC)C(C)(C)C. The summed E-state index contributed by atoms with van der Waals surface area (Å²) < 4.78 is 0. The molecule has 1 unspecified atom stereocenters. The van der Waals surface area contributed by atoms with Crippen LogP contribution in [0.3, 0.4) is 0 Å². The van der Waals surface area contributed by atoms with E-state index in [1.807, 2.05) is 11.8 Å². The lowest BCUT2D eigenvalue weighted by atomic mass is 9.78. The van der Waals surface area contributed by atoms with Crippen molar-refractivity contribution in [3.63, 3.8) is 0 Å². The normalized spacial score (nSPS) is 14.2. The van der Waals surface area contributed by atoms with Gasteiger partial charge in [-0.1, -0.05) is 27.7 Å². The molecule has 0 radical (unpaired) electrons. The minimum absolute atomic E-state index is 0.444. The van der Waals surface area contributed by atoms with Gasteiger partial charge in [-0.3, -0.25) is 0 Å². The molecule has 0 aromatic rings. The average Bonchev–Trinajstić information content (AvgIpc) is 2.14. The van der Waals surface area contributed by atoms with Gasteiger partial charge in [0.05, 0.1) is 0 Å². The highest BCUT2D eigenvalue weighted by Gasteiger charge is 2.23. The molecule has 2 heteroatoms. The van der Waals surface area contributed by atoms with Crippen molar-refractivity contribution < 1.29 is 0 Å². The molecular formula is C13H29NS. The van der Waals surface area contributed by atoms with Gasteiger partial charge in [-0.05, 0) is 55.7 Å². The molecule has 0 aliphatic carbocycles. The number of nitrogens with one attached hydrogen (secondary N) is 1. The van der Waals surface area contributed by atoms with Crippen molar-refractivity contribution >= 4 is 11.8 Å². The Bertz CT molecular complexity index is 130. The van der Waals surface area contributed by atoms with E-state index in [1.165, 1.54) is 31.6 Å². The van der Waals surface area contributed by atoms with Crippen molar-refractivity contribution in [3.8, 4) is 0 Å². The first kappa shape index (κ1) is 15.3. The van der Waals surface area contributed by atoms with E-state index in [9.17, 15) is 0 Å². The van der Waals surface area contributed by atoms with Gasteiger partial charge in [0.15, 0.2) is 0 Å². The van der Waals surface area contributed by atoms with E-state index < -0.39 is 0 Å². The van der Waals surface area contributed by atoms with Gasteiger partial charge in [-0.25, -0.2) is 0 Å². The van der Waals surface area contributed by atoms with Crippen molar-refractivity contribution in [3.05, 3.63) is 0 Å². The number of rotatable bonds is 8. The standard InChI is InChI=1S/C13H29NS/c1-6-9-14-11-12(13(2,3)4)8-7-10-15-5/h12,14H,6-11H2,1-5H3. The molecule has 0 saturated carbocycles. The lowest BCUT2D eigenvalue weighted by Gasteiger charge is -2.31. The molecule has 0 amide bonds. The van der Waals surface area contributed by atoms with Crippen LogP contribution >= 0.6 is 11.8 Å². The molecule has 1 N–H and O–H groups in total. The molecule has 0 aromatic carbocycles. The molecule has 92 valence electrons. The first-order chi connectivity index (χ1) is 7.02. The van der Waals surface area contributed by atoms with Crippen LogP contribution in [0, 0.1) is 11.3 Å². The fraction of sp³-hybridized carbons (Fsp3) is 1.00. The van der Waals surface area contributed by atoms with Crippen LogP contribution in [-0.2, 0) is 0 Å². The van der Waals surface area contributed by atoms with E-state index in [4.69, 9.17) is 0 Å². The van der Waals surface area contributed by atoms with Gasteiger partial charge >= 0.3 is 0 Å². The summed E-state index contributed by atoms with van der Waals surface area (Å²) in [5.41, 5.74) is 0.444. The van der Waals surface area contributed by atoms with E-state index in [0.29, 0.717) is 5.41 Å². The second-order valence-electron chi connectivity index (χ2n) is 5.40. The predicted octanol–water partition coefficient (Wildman–Crippen LogP) is 3.79. The van der Waals surface area contributed by atoms with Crippen LogP contribution in [0.4, 0.5) is 0 Å². The molecule has 0 spiro atoms. The fourth-order valence-corrected chi connectivity index (χ4v) is 2.22. The molecule has 1 nitrogen and oxygen atoms in total. The van der Waals surface area contributed by atoms with Crippen molar-refractivity contribution in [2.24, 2.45) is 11.3 Å². The third-order valence-corrected chi connectivity index (χ3v) is 3.64. The lowest BCUT2D eigenvalue weighted by molar-refractivity contribution is 0.218. The fourth-order valence-electron chi connectivity index (χ4n) is 1.77. The molecule has 0 aromatic heterocycles. The predicted molar refractivity (Wildman–Crippen MR) is 73.7 cm³/mol. The third-order valence-electron chi connectivity index (χ3n) is 2.94. The van der Waals surface area contributed by atoms with Gasteiger partial charge < -0.3 is 5.32 Å². The molecule has 0 heterocycles. The smallest absolute Gasteiger partial charge is 0.00155 e. The Labute approximate surface area is 101 Å². The topological polar surface area (TPSA) is 12.0 Å². The molecule has 0 saturated heterocycles. The summed E-state index contributed by atoms with van der Waals surface area (Å²) in [5.74, 6) is 2.12. The first-order valence-corrected chi connectivity index (χ1v) is 7.61. The number of hydrogen-bond donors (Lipinski definition) is 1. The van der Waals surface area contributed by atoms with E-state index in [2.05, 4.69) is 39.3 Å². The zero-order chi connectivity index (χ0) is 11.7. The van der Waals surface area contributed by atoms with Gasteiger partial charge in [-0.15, -0.1) is 0 Å². The number of hydrogen-bond acceptors (Lipinski definition) is 2. The first-order valence-electron chi connectivity index (χ1n) is 6.22. The largest absolute Gasteiger partial charge is 0.316 e. The van der Waals surface area contributed by atoms with E-state index >= 15 is 0 Å². The van der Waals surface area contributed by atoms with Crippen molar-refractivity contribution in [1.82, 2.24) is 5.32 Å². The summed E-state index contributed by atoms with van der Waals surface area (Å²) in [4.78, 5) is 0. The van der Waals surface area contributed by atoms with Crippen molar-refractivity contribution in [1.29, 1.82) is 0 Å². The molecule has 0 rings (SSSR count). The highest BCUT2D eigenvalue weighted by Crippen LogP contribution is 2.29. The average molecular weight is 231 g/mol. The second-order valence-corrected chi connectivity index (χ2v) is 6.39. The second kappa shape index (κ2) is 8.46. The van der Waals surface area contributed by atoms with Gasteiger partial charge in [-0.2, -0.15) is 11.8 Å². The van der Waals surface area contributed by atoms with Gasteiger partial charge in [0.2, 0.25) is 0 Å². The Hall–Kier alpha value is 0.310. The molecule has 1 atom stereocenters. The summed E-state index contributed by atoms with van der Waals surface area (Å²) in [6.45, 7) is 11.7. The Morgan fingerprint density at radius 3 is 2.40 bits per heavy atom. The maximum Gasteiger partial charge on any atom is -0.00155 e. The van der Waals surface area contributed by atoms with Crippen LogP contribution < -0.4 is 5.32 Å². The summed E-state index contributed by atoms with van der Waals surface area (Å²) in [5, 5.41) is 3.56. The highest BCUT2D eigenvalue weighted by atomic mass is 32.2. The summed E-state index contributed by atoms with van der Waals surface area (Å²) in [6.07, 6.45) is 6.15. The van der Waals surface area contributed by atoms with Crippen molar-refractivity contribution in [2.45, 2.75) is 47.0 Å². The summed E-state index contributed by atoms with van der Waals surface area (Å²) >= 11 is 1.96. The maximum absolute atomic E-state index is 3.56. The molecule has 0 aliphatic rings. The zero-order valence-corrected chi connectivity index (χ0v) is 12.0. The van der Waals surface area contributed by atoms with Gasteiger partial charge in [0.25, 0.3) is 0 Å². The minimum Gasteiger partial charge on any atom is -0.316 e. The van der Waals surface area contributed by atoms with Crippen LogP contribution in [0.5, 0.6) is 0 Å². The van der Waals surface area contributed by atoms with Crippen LogP contribution in [0.1, 0.15) is 47.0 Å². The zero-order valence-electron chi connectivity index (χ0n) is 11.2.